The van der Waals surface area contributed by atoms with E-state index in [-0.39, 0.29) is 11.7 Å². The van der Waals surface area contributed by atoms with Gasteiger partial charge in [-0.3, -0.25) is 0 Å². The number of piperidine rings is 1. The molecule has 2 saturated heterocycles. The van der Waals surface area contributed by atoms with Gasteiger partial charge < -0.3 is 19.7 Å². The van der Waals surface area contributed by atoms with E-state index in [0.717, 1.165) is 42.2 Å². The SMILES string of the molecule is CCN1CCCC2(CCN(c3ccc(Nc4ncc(F)c(-c5ccc6nc(C)n(C(C)C)c6c5)n4)nc3)C2)C1. The molecule has 2 fully saturated rings. The van der Waals surface area contributed by atoms with Crippen molar-refractivity contribution in [3.05, 3.63) is 54.4 Å². The van der Waals surface area contributed by atoms with E-state index in [4.69, 9.17) is 0 Å². The number of aryl methyl sites for hydroxylation is 1. The fraction of sp³-hybridized carbons (Fsp3) is 0.467. The van der Waals surface area contributed by atoms with Gasteiger partial charge in [0.2, 0.25) is 5.95 Å². The summed E-state index contributed by atoms with van der Waals surface area (Å²) in [7, 11) is 0. The molecule has 0 saturated carbocycles. The molecule has 0 amide bonds. The zero-order chi connectivity index (χ0) is 27.1. The van der Waals surface area contributed by atoms with Crippen LogP contribution in [0.4, 0.5) is 21.8 Å². The van der Waals surface area contributed by atoms with Gasteiger partial charge >= 0.3 is 0 Å². The highest BCUT2D eigenvalue weighted by Gasteiger charge is 2.41. The third-order valence-electron chi connectivity index (χ3n) is 8.38. The predicted molar refractivity (Wildman–Crippen MR) is 154 cm³/mol. The zero-order valence-corrected chi connectivity index (χ0v) is 23.3. The fourth-order valence-corrected chi connectivity index (χ4v) is 6.47. The molecular formula is C30H37FN8. The number of nitrogens with one attached hydrogen (secondary N) is 1. The Bertz CT molecular complexity index is 1480. The highest BCUT2D eigenvalue weighted by atomic mass is 19.1. The molecule has 5 heterocycles. The summed E-state index contributed by atoms with van der Waals surface area (Å²) >= 11 is 0. The largest absolute Gasteiger partial charge is 0.370 e. The van der Waals surface area contributed by atoms with E-state index in [0.29, 0.717) is 22.7 Å². The summed E-state index contributed by atoms with van der Waals surface area (Å²) in [4.78, 5) is 23.0. The van der Waals surface area contributed by atoms with E-state index in [1.165, 1.54) is 38.5 Å². The quantitative estimate of drug-likeness (QED) is 0.330. The molecule has 1 unspecified atom stereocenters. The van der Waals surface area contributed by atoms with Gasteiger partial charge in [0.15, 0.2) is 5.82 Å². The van der Waals surface area contributed by atoms with Crippen molar-refractivity contribution in [1.82, 2.24) is 29.4 Å². The normalized spacial score (nSPS) is 20.0. The topological polar surface area (TPSA) is 75.0 Å². The number of fused-ring (bicyclic) bond motifs is 1. The third-order valence-corrected chi connectivity index (χ3v) is 8.38. The molecule has 204 valence electrons. The highest BCUT2D eigenvalue weighted by Crippen LogP contribution is 2.40. The first kappa shape index (κ1) is 25.7. The molecule has 1 atom stereocenters. The van der Waals surface area contributed by atoms with Gasteiger partial charge in [-0.1, -0.05) is 13.0 Å². The first-order valence-corrected chi connectivity index (χ1v) is 14.1. The lowest BCUT2D eigenvalue weighted by Gasteiger charge is -2.40. The van der Waals surface area contributed by atoms with Crippen LogP contribution >= 0.6 is 0 Å². The standard InChI is InChI=1S/C30H37FN8/c1-5-37-13-6-11-30(18-37)12-14-38(19-30)23-8-10-27(32-16-23)35-29-33-17-24(31)28(36-29)22-7-9-25-26(15-22)39(20(2)3)21(4)34-25/h7-10,15-17,20H,5-6,11-14,18-19H2,1-4H3,(H,32,33,35,36). The number of aromatic nitrogens is 5. The molecule has 9 heteroatoms. The second-order valence-corrected chi connectivity index (χ2v) is 11.4. The number of halogens is 1. The fourth-order valence-electron chi connectivity index (χ4n) is 6.47. The van der Waals surface area contributed by atoms with Gasteiger partial charge in [-0.05, 0) is 77.4 Å². The van der Waals surface area contributed by atoms with E-state index in [1.807, 2.05) is 37.4 Å². The number of nitrogens with zero attached hydrogens (tertiary/aromatic N) is 7. The van der Waals surface area contributed by atoms with Crippen molar-refractivity contribution < 1.29 is 4.39 Å². The van der Waals surface area contributed by atoms with Crippen LogP contribution in [0.1, 0.15) is 51.9 Å². The predicted octanol–water partition coefficient (Wildman–Crippen LogP) is 5.97. The van der Waals surface area contributed by atoms with Gasteiger partial charge in [0, 0.05) is 36.7 Å². The molecule has 0 bridgehead atoms. The van der Waals surface area contributed by atoms with Gasteiger partial charge in [0.05, 0.1) is 29.1 Å². The van der Waals surface area contributed by atoms with E-state index < -0.39 is 5.82 Å². The van der Waals surface area contributed by atoms with E-state index >= 15 is 0 Å². The third kappa shape index (κ3) is 4.95. The molecule has 3 aromatic heterocycles. The molecule has 2 aliphatic rings. The Kier molecular flexibility index (Phi) is 6.71. The summed E-state index contributed by atoms with van der Waals surface area (Å²) < 4.78 is 17.0. The smallest absolute Gasteiger partial charge is 0.229 e. The molecule has 39 heavy (non-hydrogen) atoms. The average molecular weight is 529 g/mol. The van der Waals surface area contributed by atoms with Gasteiger partial charge in [0.1, 0.15) is 17.3 Å². The van der Waals surface area contributed by atoms with Crippen molar-refractivity contribution in [2.75, 3.05) is 42.9 Å². The maximum Gasteiger partial charge on any atom is 0.229 e. The van der Waals surface area contributed by atoms with E-state index in [9.17, 15) is 4.39 Å². The minimum absolute atomic E-state index is 0.242. The molecular weight excluding hydrogens is 491 g/mol. The molecule has 4 aromatic rings. The second kappa shape index (κ2) is 10.2. The Morgan fingerprint density at radius 2 is 1.90 bits per heavy atom. The minimum Gasteiger partial charge on any atom is -0.370 e. The first-order chi connectivity index (χ1) is 18.8. The molecule has 1 spiro atoms. The van der Waals surface area contributed by atoms with Crippen molar-refractivity contribution >= 4 is 28.5 Å². The van der Waals surface area contributed by atoms with E-state index in [1.54, 1.807) is 0 Å². The number of anilines is 3. The molecule has 0 radical (unpaired) electrons. The maximum atomic E-state index is 14.9. The van der Waals surface area contributed by atoms with Gasteiger partial charge in [-0.2, -0.15) is 0 Å². The summed E-state index contributed by atoms with van der Waals surface area (Å²) in [5, 5.41) is 3.16. The Labute approximate surface area is 229 Å². The summed E-state index contributed by atoms with van der Waals surface area (Å²) in [6.07, 6.45) is 6.96. The van der Waals surface area contributed by atoms with Crippen LogP contribution in [0.3, 0.4) is 0 Å². The van der Waals surface area contributed by atoms with Gasteiger partial charge in [-0.25, -0.2) is 24.3 Å². The average Bonchev–Trinajstić information content (AvgIpc) is 3.49. The number of imidazole rings is 1. The Morgan fingerprint density at radius 1 is 1.03 bits per heavy atom. The van der Waals surface area contributed by atoms with Crippen molar-refractivity contribution in [2.24, 2.45) is 5.41 Å². The Morgan fingerprint density at radius 3 is 2.67 bits per heavy atom. The highest BCUT2D eigenvalue weighted by molar-refractivity contribution is 5.82. The van der Waals surface area contributed by atoms with Crippen LogP contribution in [-0.4, -0.2) is 62.1 Å². The zero-order valence-electron chi connectivity index (χ0n) is 23.3. The molecule has 1 aromatic carbocycles. The van der Waals surface area contributed by atoms with Crippen LogP contribution in [0.5, 0.6) is 0 Å². The van der Waals surface area contributed by atoms with Gasteiger partial charge in [0.25, 0.3) is 0 Å². The first-order valence-electron chi connectivity index (χ1n) is 14.1. The van der Waals surface area contributed by atoms with Crippen LogP contribution in [0.2, 0.25) is 0 Å². The molecule has 6 rings (SSSR count). The number of hydrogen-bond acceptors (Lipinski definition) is 7. The summed E-state index contributed by atoms with van der Waals surface area (Å²) in [5.41, 5.74) is 4.32. The number of likely N-dealkylation sites (tertiary alicyclic amines) is 1. The van der Waals surface area contributed by atoms with Crippen LogP contribution < -0.4 is 10.2 Å². The monoisotopic (exact) mass is 528 g/mol. The summed E-state index contributed by atoms with van der Waals surface area (Å²) in [6.45, 7) is 14.2. The van der Waals surface area contributed by atoms with Crippen molar-refractivity contribution in [3.63, 3.8) is 0 Å². The summed E-state index contributed by atoms with van der Waals surface area (Å²) in [6, 6.07) is 10.0. The van der Waals surface area contributed by atoms with Crippen molar-refractivity contribution in [2.45, 2.75) is 53.0 Å². The second-order valence-electron chi connectivity index (χ2n) is 11.4. The lowest BCUT2D eigenvalue weighted by Crippen LogP contribution is -2.44. The molecule has 8 nitrogen and oxygen atoms in total. The minimum atomic E-state index is -0.470. The van der Waals surface area contributed by atoms with Gasteiger partial charge in [-0.15, -0.1) is 0 Å². The number of pyridine rings is 1. The summed E-state index contributed by atoms with van der Waals surface area (Å²) in [5.74, 6) is 1.40. The Hall–Kier alpha value is -3.59. The van der Waals surface area contributed by atoms with Crippen LogP contribution in [0, 0.1) is 18.2 Å². The van der Waals surface area contributed by atoms with Crippen molar-refractivity contribution in [3.8, 4) is 11.3 Å². The molecule has 0 aliphatic carbocycles. The molecule has 1 N–H and O–H groups in total. The lowest BCUT2D eigenvalue weighted by atomic mass is 9.79. The number of rotatable bonds is 6. The van der Waals surface area contributed by atoms with Crippen molar-refractivity contribution in [1.29, 1.82) is 0 Å². The number of benzene rings is 1. The maximum absolute atomic E-state index is 14.9. The van der Waals surface area contributed by atoms with Crippen LogP contribution in [0.25, 0.3) is 22.3 Å². The van der Waals surface area contributed by atoms with E-state index in [2.05, 4.69) is 66.5 Å². The lowest BCUT2D eigenvalue weighted by molar-refractivity contribution is 0.110. The number of hydrogen-bond donors (Lipinski definition) is 1. The van der Waals surface area contributed by atoms with Crippen LogP contribution in [-0.2, 0) is 0 Å². The Balaban J connectivity index is 1.19. The van der Waals surface area contributed by atoms with Crippen LogP contribution in [0.15, 0.2) is 42.7 Å². The molecule has 2 aliphatic heterocycles.